The average Bonchev–Trinajstić information content (AvgIpc) is 3.79. The smallest absolute Gasteiger partial charge is 0.370 e. The monoisotopic (exact) mass is 770 g/mol. The fourth-order valence-electron chi connectivity index (χ4n) is 9.38. The molecule has 1 spiro atoms. The molecule has 4 aliphatic heterocycles. The van der Waals surface area contributed by atoms with Crippen molar-refractivity contribution in [3.8, 4) is 6.07 Å². The van der Waals surface area contributed by atoms with Gasteiger partial charge in [0.1, 0.15) is 11.6 Å². The van der Waals surface area contributed by atoms with Crippen molar-refractivity contribution in [2.24, 2.45) is 5.41 Å². The van der Waals surface area contributed by atoms with Crippen LogP contribution in [0.1, 0.15) is 104 Å². The molecule has 12 nitrogen and oxygen atoms in total. The van der Waals surface area contributed by atoms with Crippen LogP contribution < -0.4 is 15.5 Å². The Morgan fingerprint density at radius 2 is 1.73 bits per heavy atom. The third kappa shape index (κ3) is 6.93. The highest BCUT2D eigenvalue weighted by molar-refractivity contribution is 6.05. The molecule has 4 fully saturated rings. The van der Waals surface area contributed by atoms with Gasteiger partial charge in [0.15, 0.2) is 0 Å². The predicted molar refractivity (Wildman–Crippen MR) is 199 cm³/mol. The molecular weight excluding hydrogens is 725 g/mol. The first-order valence-electron chi connectivity index (χ1n) is 19.4. The number of alkyl halides is 3. The Bertz CT molecular complexity index is 2120. The van der Waals surface area contributed by atoms with Crippen LogP contribution in [0.3, 0.4) is 0 Å². The molecule has 3 saturated heterocycles. The highest BCUT2D eigenvalue weighted by Gasteiger charge is 2.47. The Morgan fingerprint density at radius 1 is 1.00 bits per heavy atom. The summed E-state index contributed by atoms with van der Waals surface area (Å²) in [5, 5.41) is 18.5. The van der Waals surface area contributed by atoms with E-state index in [1.807, 2.05) is 18.3 Å². The molecule has 15 heteroatoms. The fourth-order valence-corrected chi connectivity index (χ4v) is 9.38. The molecule has 3 aromatic rings. The second-order valence-electron chi connectivity index (χ2n) is 16.7. The molecule has 294 valence electrons. The lowest BCUT2D eigenvalue weighted by atomic mass is 9.67. The van der Waals surface area contributed by atoms with Gasteiger partial charge in [0, 0.05) is 60.6 Å². The first kappa shape index (κ1) is 37.7. The highest BCUT2D eigenvalue weighted by Crippen LogP contribution is 2.47. The zero-order valence-corrected chi connectivity index (χ0v) is 31.5. The van der Waals surface area contributed by atoms with Crippen LogP contribution >= 0.6 is 0 Å². The standard InChI is InChI=1S/C41H45F3N8O4/c1-39(2,38(56)47-29-5-3-26(19-45)33(17-29)41(42,43)44)52-22-28(20-46-52)25-11-15-49(16-12-25)30-9-13-40(14-10-30)23-50(24-40)31-6-4-27-21-51(37(55)32(27)18-31)34-7-8-35(53)48-36(34)54/h3-6,17-18,20,22,25,30,34H,7-16,21,23-24H2,1-2H3,(H,47,56)(H,48,53,54). The Morgan fingerprint density at radius 3 is 2.41 bits per heavy atom. The van der Waals surface area contributed by atoms with Crippen LogP contribution in [0, 0.1) is 16.7 Å². The number of imide groups is 1. The number of carbonyl (C=O) groups excluding carboxylic acids is 4. The van der Waals surface area contributed by atoms with Gasteiger partial charge in [-0.2, -0.15) is 23.5 Å². The van der Waals surface area contributed by atoms with Crippen molar-refractivity contribution in [1.29, 1.82) is 5.26 Å². The van der Waals surface area contributed by atoms with Crippen LogP contribution in [0.15, 0.2) is 48.8 Å². The Balaban J connectivity index is 0.808. The number of nitrogens with one attached hydrogen (secondary N) is 2. The summed E-state index contributed by atoms with van der Waals surface area (Å²) in [6.45, 7) is 7.59. The van der Waals surface area contributed by atoms with Crippen molar-refractivity contribution < 1.29 is 32.3 Å². The lowest BCUT2D eigenvalue weighted by Gasteiger charge is -2.55. The Hall–Kier alpha value is -5.23. The minimum atomic E-state index is -4.73. The number of nitriles is 1. The molecule has 56 heavy (non-hydrogen) atoms. The van der Waals surface area contributed by atoms with E-state index in [9.17, 15) is 32.3 Å². The van der Waals surface area contributed by atoms with Crippen LogP contribution in [0.5, 0.6) is 0 Å². The summed E-state index contributed by atoms with van der Waals surface area (Å²) >= 11 is 0. The summed E-state index contributed by atoms with van der Waals surface area (Å²) in [5.41, 5.74) is 1.09. The van der Waals surface area contributed by atoms with Crippen molar-refractivity contribution in [1.82, 2.24) is 24.9 Å². The molecule has 5 heterocycles. The number of fused-ring (bicyclic) bond motifs is 1. The molecule has 8 rings (SSSR count). The maximum Gasteiger partial charge on any atom is 0.417 e. The van der Waals surface area contributed by atoms with Gasteiger partial charge in [0.2, 0.25) is 11.8 Å². The molecule has 1 unspecified atom stereocenters. The number of benzene rings is 2. The predicted octanol–water partition coefficient (Wildman–Crippen LogP) is 5.54. The minimum Gasteiger partial charge on any atom is -0.370 e. The molecule has 4 amide bonds. The number of aromatic nitrogens is 2. The van der Waals surface area contributed by atoms with E-state index in [4.69, 9.17) is 5.26 Å². The fraction of sp³-hybridized carbons (Fsp3) is 0.512. The second kappa shape index (κ2) is 14.1. The summed E-state index contributed by atoms with van der Waals surface area (Å²) in [6, 6.07) is 10.7. The van der Waals surface area contributed by atoms with Crippen LogP contribution in [-0.2, 0) is 32.6 Å². The van der Waals surface area contributed by atoms with E-state index in [-0.39, 0.29) is 35.3 Å². The lowest BCUT2D eigenvalue weighted by molar-refractivity contribution is -0.138. The van der Waals surface area contributed by atoms with E-state index in [0.717, 1.165) is 93.7 Å². The van der Waals surface area contributed by atoms with Gasteiger partial charge in [-0.25, -0.2) is 0 Å². The molecule has 2 N–H and O–H groups in total. The van der Waals surface area contributed by atoms with E-state index in [2.05, 4.69) is 31.6 Å². The van der Waals surface area contributed by atoms with Crippen molar-refractivity contribution in [3.05, 3.63) is 76.6 Å². The van der Waals surface area contributed by atoms with Crippen LogP contribution in [0.25, 0.3) is 0 Å². The molecule has 5 aliphatic rings. The molecule has 0 radical (unpaired) electrons. The first-order valence-corrected chi connectivity index (χ1v) is 19.4. The third-order valence-corrected chi connectivity index (χ3v) is 12.9. The number of hydrogen-bond acceptors (Lipinski definition) is 8. The quantitative estimate of drug-likeness (QED) is 0.299. The lowest BCUT2D eigenvalue weighted by Crippen LogP contribution is -2.59. The van der Waals surface area contributed by atoms with Gasteiger partial charge in [-0.3, -0.25) is 29.2 Å². The van der Waals surface area contributed by atoms with Gasteiger partial charge in [0.25, 0.3) is 11.8 Å². The Labute approximate surface area is 323 Å². The molecule has 0 bridgehead atoms. The normalized spacial score (nSPS) is 22.1. The van der Waals surface area contributed by atoms with E-state index in [0.29, 0.717) is 24.6 Å². The van der Waals surface area contributed by atoms with Gasteiger partial charge in [0.05, 0.1) is 23.4 Å². The average molecular weight is 771 g/mol. The van der Waals surface area contributed by atoms with Crippen LogP contribution in [0.2, 0.25) is 0 Å². The summed E-state index contributed by atoms with van der Waals surface area (Å²) in [7, 11) is 0. The maximum absolute atomic E-state index is 13.5. The van der Waals surface area contributed by atoms with Crippen molar-refractivity contribution in [3.63, 3.8) is 0 Å². The van der Waals surface area contributed by atoms with Crippen molar-refractivity contribution in [2.45, 2.75) is 101 Å². The molecular formula is C41H45F3N8O4. The molecule has 1 aliphatic carbocycles. The highest BCUT2D eigenvalue weighted by atomic mass is 19.4. The Kier molecular flexibility index (Phi) is 9.46. The van der Waals surface area contributed by atoms with Gasteiger partial charge >= 0.3 is 6.18 Å². The van der Waals surface area contributed by atoms with E-state index < -0.39 is 40.7 Å². The van der Waals surface area contributed by atoms with Crippen LogP contribution in [0.4, 0.5) is 24.5 Å². The van der Waals surface area contributed by atoms with E-state index in [1.165, 1.54) is 6.07 Å². The molecule has 1 atom stereocenters. The second-order valence-corrected chi connectivity index (χ2v) is 16.7. The summed E-state index contributed by atoms with van der Waals surface area (Å²) in [6.07, 6.45) is 6.07. The number of nitrogens with zero attached hydrogens (tertiary/aromatic N) is 6. The van der Waals surface area contributed by atoms with Gasteiger partial charge < -0.3 is 20.0 Å². The largest absolute Gasteiger partial charge is 0.417 e. The molecule has 1 saturated carbocycles. The summed E-state index contributed by atoms with van der Waals surface area (Å²) in [4.78, 5) is 57.3. The summed E-state index contributed by atoms with van der Waals surface area (Å²) < 4.78 is 42.0. The number of hydrogen-bond donors (Lipinski definition) is 2. The number of rotatable bonds is 7. The molecule has 1 aromatic heterocycles. The van der Waals surface area contributed by atoms with Crippen molar-refractivity contribution >= 4 is 35.0 Å². The van der Waals surface area contributed by atoms with E-state index in [1.54, 1.807) is 35.7 Å². The SMILES string of the molecule is CC(C)(C(=O)Nc1ccc(C#N)c(C(F)(F)F)c1)n1cc(C2CCN(C3CCC4(CC3)CN(c3ccc5c(c3)C(=O)N(C3CCC(=O)NC3=O)C5)C4)CC2)cn1. The molecule has 2 aromatic carbocycles. The van der Waals surface area contributed by atoms with Gasteiger partial charge in [-0.1, -0.05) is 6.07 Å². The minimum absolute atomic E-state index is 0.0456. The topological polar surface area (TPSA) is 144 Å². The number of halogens is 3. The van der Waals surface area contributed by atoms with Gasteiger partial charge in [-0.15, -0.1) is 0 Å². The first-order chi connectivity index (χ1) is 26.6. The number of amides is 4. The third-order valence-electron chi connectivity index (χ3n) is 12.9. The van der Waals surface area contributed by atoms with Gasteiger partial charge in [-0.05, 0) is 119 Å². The number of carbonyl (C=O) groups is 4. The number of anilines is 2. The zero-order valence-electron chi connectivity index (χ0n) is 31.5. The zero-order chi connectivity index (χ0) is 39.6. The van der Waals surface area contributed by atoms with Crippen LogP contribution in [-0.4, -0.2) is 81.5 Å². The van der Waals surface area contributed by atoms with Crippen molar-refractivity contribution in [2.75, 3.05) is 36.4 Å². The maximum atomic E-state index is 13.5. The number of piperidine rings is 2. The number of likely N-dealkylation sites (tertiary alicyclic amines) is 1. The summed E-state index contributed by atoms with van der Waals surface area (Å²) in [5.74, 6) is -1.07. The van der Waals surface area contributed by atoms with E-state index >= 15 is 0 Å².